The third-order valence-electron chi connectivity index (χ3n) is 4.22. The van der Waals surface area contributed by atoms with E-state index < -0.39 is 0 Å². The number of hydrogen-bond donors (Lipinski definition) is 1. The third-order valence-corrected chi connectivity index (χ3v) is 4.22. The van der Waals surface area contributed by atoms with E-state index in [0.717, 1.165) is 17.0 Å². The molecule has 0 unspecified atom stereocenters. The van der Waals surface area contributed by atoms with Crippen LogP contribution in [-0.4, -0.2) is 22.0 Å². The summed E-state index contributed by atoms with van der Waals surface area (Å²) in [6.45, 7) is 5.16. The number of nitrogens with two attached hydrogens (primary N) is 1. The minimum absolute atomic E-state index is 0.281. The quantitative estimate of drug-likeness (QED) is 0.931. The fourth-order valence-electron chi connectivity index (χ4n) is 2.95. The summed E-state index contributed by atoms with van der Waals surface area (Å²) in [7, 11) is 0. The molecule has 1 aliphatic heterocycles. The van der Waals surface area contributed by atoms with Crippen molar-refractivity contribution < 1.29 is 9.32 Å². The first-order valence-corrected chi connectivity index (χ1v) is 7.08. The van der Waals surface area contributed by atoms with Crippen molar-refractivity contribution in [3.8, 4) is 0 Å². The molecule has 1 aromatic carbocycles. The van der Waals surface area contributed by atoms with Crippen molar-refractivity contribution in [3.63, 3.8) is 0 Å². The van der Waals surface area contributed by atoms with E-state index in [1.54, 1.807) is 0 Å². The molecular weight excluding hydrogens is 266 g/mol. The van der Waals surface area contributed by atoms with E-state index in [1.165, 1.54) is 11.1 Å². The molecule has 0 fully saturated rings. The predicted molar refractivity (Wildman–Crippen MR) is 78.4 cm³/mol. The molecule has 1 atom stereocenters. The Kier molecular flexibility index (Phi) is 3.51. The normalized spacial score (nSPS) is 18.5. The molecule has 5 heteroatoms. The molecule has 0 spiro atoms. The number of aromatic nitrogens is 1. The number of carbonyl (C=O) groups excluding carboxylic acids is 1. The van der Waals surface area contributed by atoms with Crippen molar-refractivity contribution in [3.05, 3.63) is 52.4 Å². The lowest BCUT2D eigenvalue weighted by Crippen LogP contribution is -2.48. The second-order valence-corrected chi connectivity index (χ2v) is 5.60. The number of benzene rings is 1. The molecule has 0 saturated heterocycles. The standard InChI is InChI=1S/C16H19N3O2/c1-10-14(11(2)21-18-10)9-19-8-13-6-4-3-5-12(13)7-15(19)16(17)20/h3-6,15H,7-9H2,1-2H3,(H2,17,20)/t15-/m0/s1. The molecule has 21 heavy (non-hydrogen) atoms. The van der Waals surface area contributed by atoms with Crippen LogP contribution in [0.25, 0.3) is 0 Å². The first kappa shape index (κ1) is 13.8. The van der Waals surface area contributed by atoms with Crippen molar-refractivity contribution in [1.82, 2.24) is 10.1 Å². The number of nitrogens with zero attached hydrogens (tertiary/aromatic N) is 2. The molecule has 0 bridgehead atoms. The highest BCUT2D eigenvalue weighted by atomic mass is 16.5. The lowest BCUT2D eigenvalue weighted by Gasteiger charge is -2.35. The van der Waals surface area contributed by atoms with Crippen LogP contribution in [0, 0.1) is 13.8 Å². The van der Waals surface area contributed by atoms with Gasteiger partial charge in [0.15, 0.2) is 0 Å². The average Bonchev–Trinajstić information content (AvgIpc) is 2.78. The van der Waals surface area contributed by atoms with Gasteiger partial charge in [0, 0.05) is 18.7 Å². The van der Waals surface area contributed by atoms with Crippen molar-refractivity contribution in [1.29, 1.82) is 0 Å². The van der Waals surface area contributed by atoms with E-state index in [0.29, 0.717) is 19.5 Å². The van der Waals surface area contributed by atoms with Gasteiger partial charge in [-0.2, -0.15) is 0 Å². The van der Waals surface area contributed by atoms with E-state index in [2.05, 4.69) is 22.2 Å². The van der Waals surface area contributed by atoms with Crippen LogP contribution in [0.1, 0.15) is 28.1 Å². The molecule has 3 rings (SSSR count). The summed E-state index contributed by atoms with van der Waals surface area (Å²) < 4.78 is 5.21. The average molecular weight is 285 g/mol. The molecule has 0 aliphatic carbocycles. The summed E-state index contributed by atoms with van der Waals surface area (Å²) in [6.07, 6.45) is 0.662. The fraction of sp³-hybridized carbons (Fsp3) is 0.375. The van der Waals surface area contributed by atoms with Gasteiger partial charge in [-0.25, -0.2) is 0 Å². The molecule has 5 nitrogen and oxygen atoms in total. The first-order chi connectivity index (χ1) is 10.1. The van der Waals surface area contributed by atoms with Gasteiger partial charge < -0.3 is 10.3 Å². The Bertz CT molecular complexity index is 658. The Morgan fingerprint density at radius 1 is 1.38 bits per heavy atom. The minimum atomic E-state index is -0.284. The number of rotatable bonds is 3. The van der Waals surface area contributed by atoms with Gasteiger partial charge in [-0.3, -0.25) is 9.69 Å². The highest BCUT2D eigenvalue weighted by molar-refractivity contribution is 5.80. The summed E-state index contributed by atoms with van der Waals surface area (Å²) in [5, 5.41) is 3.98. The van der Waals surface area contributed by atoms with Gasteiger partial charge in [0.2, 0.25) is 5.91 Å². The predicted octanol–water partition coefficient (Wildman–Crippen LogP) is 1.70. The fourth-order valence-corrected chi connectivity index (χ4v) is 2.95. The molecule has 0 saturated carbocycles. The zero-order chi connectivity index (χ0) is 15.0. The minimum Gasteiger partial charge on any atom is -0.368 e. The molecule has 1 aromatic heterocycles. The van der Waals surface area contributed by atoms with E-state index in [9.17, 15) is 4.79 Å². The Morgan fingerprint density at radius 3 is 2.71 bits per heavy atom. The smallest absolute Gasteiger partial charge is 0.235 e. The maximum atomic E-state index is 11.8. The molecule has 2 N–H and O–H groups in total. The molecule has 110 valence electrons. The Hall–Kier alpha value is -2.14. The van der Waals surface area contributed by atoms with Crippen molar-refractivity contribution in [2.75, 3.05) is 0 Å². The summed E-state index contributed by atoms with van der Waals surface area (Å²) in [4.78, 5) is 13.9. The monoisotopic (exact) mass is 285 g/mol. The lowest BCUT2D eigenvalue weighted by molar-refractivity contribution is -0.124. The molecule has 2 heterocycles. The van der Waals surface area contributed by atoms with E-state index in [1.807, 2.05) is 26.0 Å². The number of hydrogen-bond acceptors (Lipinski definition) is 4. The Balaban J connectivity index is 1.91. The molecule has 2 aromatic rings. The van der Waals surface area contributed by atoms with Crippen LogP contribution in [0.4, 0.5) is 0 Å². The number of fused-ring (bicyclic) bond motifs is 1. The first-order valence-electron chi connectivity index (χ1n) is 7.08. The van der Waals surface area contributed by atoms with Gasteiger partial charge in [-0.15, -0.1) is 0 Å². The molecule has 1 amide bonds. The van der Waals surface area contributed by atoms with Crippen LogP contribution in [0.15, 0.2) is 28.8 Å². The van der Waals surface area contributed by atoms with E-state index >= 15 is 0 Å². The van der Waals surface area contributed by atoms with Gasteiger partial charge in [0.25, 0.3) is 0 Å². The zero-order valence-corrected chi connectivity index (χ0v) is 12.3. The molecule has 1 aliphatic rings. The maximum absolute atomic E-state index is 11.8. The van der Waals surface area contributed by atoms with E-state index in [4.69, 9.17) is 10.3 Å². The third kappa shape index (κ3) is 2.56. The van der Waals surface area contributed by atoms with Crippen LogP contribution in [0.2, 0.25) is 0 Å². The summed E-state index contributed by atoms with van der Waals surface area (Å²) in [6, 6.07) is 7.91. The summed E-state index contributed by atoms with van der Waals surface area (Å²) >= 11 is 0. The van der Waals surface area contributed by atoms with Gasteiger partial charge >= 0.3 is 0 Å². The number of carbonyl (C=O) groups is 1. The number of amides is 1. The van der Waals surface area contributed by atoms with Crippen molar-refractivity contribution in [2.24, 2.45) is 5.73 Å². The van der Waals surface area contributed by atoms with Crippen molar-refractivity contribution in [2.45, 2.75) is 39.4 Å². The maximum Gasteiger partial charge on any atom is 0.235 e. The summed E-state index contributed by atoms with van der Waals surface area (Å²) in [5.74, 6) is 0.519. The van der Waals surface area contributed by atoms with Gasteiger partial charge in [-0.05, 0) is 31.4 Å². The number of primary amides is 1. The van der Waals surface area contributed by atoms with Gasteiger partial charge in [-0.1, -0.05) is 29.4 Å². The SMILES string of the molecule is Cc1noc(C)c1CN1Cc2ccccc2C[C@H]1C(N)=O. The van der Waals surface area contributed by atoms with Gasteiger partial charge in [0.05, 0.1) is 11.7 Å². The topological polar surface area (TPSA) is 72.4 Å². The summed E-state index contributed by atoms with van der Waals surface area (Å²) in [5.41, 5.74) is 9.97. The molecule has 0 radical (unpaired) electrons. The van der Waals surface area contributed by atoms with Crippen LogP contribution in [0.3, 0.4) is 0 Å². The van der Waals surface area contributed by atoms with Crippen LogP contribution < -0.4 is 5.73 Å². The largest absolute Gasteiger partial charge is 0.368 e. The van der Waals surface area contributed by atoms with E-state index in [-0.39, 0.29) is 11.9 Å². The Morgan fingerprint density at radius 2 is 2.10 bits per heavy atom. The number of aryl methyl sites for hydroxylation is 2. The highest BCUT2D eigenvalue weighted by Crippen LogP contribution is 2.26. The van der Waals surface area contributed by atoms with Crippen LogP contribution >= 0.6 is 0 Å². The molecular formula is C16H19N3O2. The van der Waals surface area contributed by atoms with Crippen molar-refractivity contribution >= 4 is 5.91 Å². The second kappa shape index (κ2) is 5.33. The van der Waals surface area contributed by atoms with Crippen LogP contribution in [-0.2, 0) is 24.3 Å². The Labute approximate surface area is 123 Å². The second-order valence-electron chi connectivity index (χ2n) is 5.60. The lowest BCUT2D eigenvalue weighted by atomic mass is 9.93. The highest BCUT2D eigenvalue weighted by Gasteiger charge is 2.31. The van der Waals surface area contributed by atoms with Crippen LogP contribution in [0.5, 0.6) is 0 Å². The zero-order valence-electron chi connectivity index (χ0n) is 12.3. The van der Waals surface area contributed by atoms with Gasteiger partial charge in [0.1, 0.15) is 5.76 Å².